The van der Waals surface area contributed by atoms with Crippen LogP contribution in [0, 0.1) is 6.92 Å². The summed E-state index contributed by atoms with van der Waals surface area (Å²) in [4.78, 5) is 11.8. The van der Waals surface area contributed by atoms with Gasteiger partial charge in [-0.25, -0.2) is 0 Å². The van der Waals surface area contributed by atoms with E-state index in [9.17, 15) is 4.79 Å². The number of benzene rings is 1. The molecule has 18 heavy (non-hydrogen) atoms. The minimum absolute atomic E-state index is 0.000379. The van der Waals surface area contributed by atoms with Gasteiger partial charge in [0.05, 0.1) is 12.8 Å². The van der Waals surface area contributed by atoms with Crippen molar-refractivity contribution in [3.05, 3.63) is 23.8 Å². The summed E-state index contributed by atoms with van der Waals surface area (Å²) in [5, 5.41) is 6.04. The number of rotatable bonds is 6. The van der Waals surface area contributed by atoms with Gasteiger partial charge in [0.25, 0.3) is 0 Å². The highest BCUT2D eigenvalue weighted by Gasteiger charge is 2.13. The van der Waals surface area contributed by atoms with Crippen LogP contribution in [0.3, 0.4) is 0 Å². The average Bonchev–Trinajstić information content (AvgIpc) is 2.36. The van der Waals surface area contributed by atoms with Gasteiger partial charge >= 0.3 is 0 Å². The molecule has 1 amide bonds. The van der Waals surface area contributed by atoms with Crippen LogP contribution < -0.4 is 15.4 Å². The Kier molecular flexibility index (Phi) is 5.49. The van der Waals surface area contributed by atoms with Crippen LogP contribution in [0.25, 0.3) is 0 Å². The maximum atomic E-state index is 11.8. The van der Waals surface area contributed by atoms with E-state index in [1.165, 1.54) is 0 Å². The fraction of sp³-hybridized carbons (Fsp3) is 0.500. The van der Waals surface area contributed by atoms with Crippen molar-refractivity contribution >= 4 is 11.6 Å². The quantitative estimate of drug-likeness (QED) is 0.814. The van der Waals surface area contributed by atoms with Crippen LogP contribution in [0.4, 0.5) is 5.69 Å². The third kappa shape index (κ3) is 3.95. The SMILES string of the molecule is CCCNC(=O)C(C)Nc1cc(C)ccc1OC. The van der Waals surface area contributed by atoms with E-state index in [0.717, 1.165) is 23.4 Å². The van der Waals surface area contributed by atoms with E-state index in [1.54, 1.807) is 7.11 Å². The smallest absolute Gasteiger partial charge is 0.242 e. The van der Waals surface area contributed by atoms with Gasteiger partial charge in [0.1, 0.15) is 11.8 Å². The zero-order valence-corrected chi connectivity index (χ0v) is 11.5. The standard InChI is InChI=1S/C14H22N2O2/c1-5-8-15-14(17)11(3)16-12-9-10(2)6-7-13(12)18-4/h6-7,9,11,16H,5,8H2,1-4H3,(H,15,17). The summed E-state index contributed by atoms with van der Waals surface area (Å²) in [6, 6.07) is 5.56. The van der Waals surface area contributed by atoms with Gasteiger partial charge in [-0.1, -0.05) is 13.0 Å². The highest BCUT2D eigenvalue weighted by Crippen LogP contribution is 2.25. The lowest BCUT2D eigenvalue weighted by Gasteiger charge is -2.17. The molecule has 0 fully saturated rings. The number of hydrogen-bond acceptors (Lipinski definition) is 3. The molecule has 1 aromatic carbocycles. The molecule has 4 nitrogen and oxygen atoms in total. The van der Waals surface area contributed by atoms with Crippen LogP contribution >= 0.6 is 0 Å². The summed E-state index contributed by atoms with van der Waals surface area (Å²) in [5.41, 5.74) is 1.97. The van der Waals surface area contributed by atoms with Crippen LogP contribution in [-0.2, 0) is 4.79 Å². The Labute approximate surface area is 109 Å². The Morgan fingerprint density at radius 3 is 2.78 bits per heavy atom. The molecule has 1 unspecified atom stereocenters. The lowest BCUT2D eigenvalue weighted by atomic mass is 10.2. The van der Waals surface area contributed by atoms with E-state index < -0.39 is 0 Å². The van der Waals surface area contributed by atoms with E-state index in [2.05, 4.69) is 10.6 Å². The van der Waals surface area contributed by atoms with Gasteiger partial charge in [-0.05, 0) is 38.0 Å². The van der Waals surface area contributed by atoms with Gasteiger partial charge in [0, 0.05) is 6.54 Å². The third-order valence-corrected chi connectivity index (χ3v) is 2.67. The second-order valence-corrected chi connectivity index (χ2v) is 4.36. The lowest BCUT2D eigenvalue weighted by Crippen LogP contribution is -2.37. The molecule has 0 saturated carbocycles. The highest BCUT2D eigenvalue weighted by molar-refractivity contribution is 5.84. The Morgan fingerprint density at radius 1 is 1.44 bits per heavy atom. The van der Waals surface area contributed by atoms with Gasteiger partial charge in [0.15, 0.2) is 0 Å². The number of hydrogen-bond donors (Lipinski definition) is 2. The number of ether oxygens (including phenoxy) is 1. The zero-order valence-electron chi connectivity index (χ0n) is 11.5. The van der Waals surface area contributed by atoms with Gasteiger partial charge < -0.3 is 15.4 Å². The summed E-state index contributed by atoms with van der Waals surface area (Å²) < 4.78 is 5.27. The van der Waals surface area contributed by atoms with E-state index in [-0.39, 0.29) is 11.9 Å². The molecule has 0 aliphatic heterocycles. The van der Waals surface area contributed by atoms with Crippen molar-refractivity contribution < 1.29 is 9.53 Å². The maximum absolute atomic E-state index is 11.8. The molecule has 1 rings (SSSR count). The van der Waals surface area contributed by atoms with Crippen LogP contribution in [0.15, 0.2) is 18.2 Å². The van der Waals surface area contributed by atoms with Gasteiger partial charge in [0.2, 0.25) is 5.91 Å². The molecule has 0 spiro atoms. The maximum Gasteiger partial charge on any atom is 0.242 e. The summed E-state index contributed by atoms with van der Waals surface area (Å²) in [5.74, 6) is 0.746. The Hall–Kier alpha value is -1.71. The van der Waals surface area contributed by atoms with Crippen LogP contribution in [0.2, 0.25) is 0 Å². The van der Waals surface area contributed by atoms with Crippen molar-refractivity contribution in [2.75, 3.05) is 19.0 Å². The van der Waals surface area contributed by atoms with E-state index in [0.29, 0.717) is 6.54 Å². The molecule has 2 N–H and O–H groups in total. The summed E-state index contributed by atoms with van der Waals surface area (Å²) in [6.07, 6.45) is 0.937. The summed E-state index contributed by atoms with van der Waals surface area (Å²) in [7, 11) is 1.62. The minimum Gasteiger partial charge on any atom is -0.495 e. The molecule has 0 aromatic heterocycles. The van der Waals surface area contributed by atoms with E-state index in [1.807, 2.05) is 39.0 Å². The average molecular weight is 250 g/mol. The zero-order chi connectivity index (χ0) is 13.5. The van der Waals surface area contributed by atoms with Crippen LogP contribution in [-0.4, -0.2) is 25.6 Å². The van der Waals surface area contributed by atoms with Crippen LogP contribution in [0.1, 0.15) is 25.8 Å². The molecule has 100 valence electrons. The van der Waals surface area contributed by atoms with Crippen molar-refractivity contribution in [3.8, 4) is 5.75 Å². The van der Waals surface area contributed by atoms with Crippen LogP contribution in [0.5, 0.6) is 5.75 Å². The second kappa shape index (κ2) is 6.89. The van der Waals surface area contributed by atoms with Gasteiger partial charge in [-0.15, -0.1) is 0 Å². The topological polar surface area (TPSA) is 50.4 Å². The Morgan fingerprint density at radius 2 is 2.17 bits per heavy atom. The van der Waals surface area contributed by atoms with Gasteiger partial charge in [-0.3, -0.25) is 4.79 Å². The molecule has 1 atom stereocenters. The van der Waals surface area contributed by atoms with Crippen molar-refractivity contribution in [1.82, 2.24) is 5.32 Å². The highest BCUT2D eigenvalue weighted by atomic mass is 16.5. The van der Waals surface area contributed by atoms with Gasteiger partial charge in [-0.2, -0.15) is 0 Å². The predicted molar refractivity (Wildman–Crippen MR) is 74.1 cm³/mol. The largest absolute Gasteiger partial charge is 0.495 e. The first-order chi connectivity index (χ1) is 8.58. The summed E-state index contributed by atoms with van der Waals surface area (Å²) >= 11 is 0. The number of carbonyl (C=O) groups excluding carboxylic acids is 1. The molecule has 0 bridgehead atoms. The Balaban J connectivity index is 2.71. The fourth-order valence-corrected chi connectivity index (χ4v) is 1.63. The fourth-order valence-electron chi connectivity index (χ4n) is 1.63. The number of carbonyl (C=O) groups is 1. The molecular formula is C14H22N2O2. The van der Waals surface area contributed by atoms with Crippen molar-refractivity contribution in [3.63, 3.8) is 0 Å². The third-order valence-electron chi connectivity index (χ3n) is 2.67. The molecule has 0 aliphatic rings. The molecule has 1 aromatic rings. The van der Waals surface area contributed by atoms with Crippen molar-refractivity contribution in [1.29, 1.82) is 0 Å². The molecule has 0 radical (unpaired) electrons. The molecule has 0 aliphatic carbocycles. The molecule has 4 heteroatoms. The number of amides is 1. The normalized spacial score (nSPS) is 11.8. The first-order valence-corrected chi connectivity index (χ1v) is 6.27. The van der Waals surface area contributed by atoms with E-state index in [4.69, 9.17) is 4.74 Å². The number of anilines is 1. The monoisotopic (exact) mass is 250 g/mol. The summed E-state index contributed by atoms with van der Waals surface area (Å²) in [6.45, 7) is 6.58. The first kappa shape index (κ1) is 14.4. The van der Waals surface area contributed by atoms with Crippen molar-refractivity contribution in [2.24, 2.45) is 0 Å². The predicted octanol–water partition coefficient (Wildman–Crippen LogP) is 2.33. The molecular weight excluding hydrogens is 228 g/mol. The minimum atomic E-state index is -0.285. The van der Waals surface area contributed by atoms with E-state index >= 15 is 0 Å². The van der Waals surface area contributed by atoms with Crippen molar-refractivity contribution in [2.45, 2.75) is 33.2 Å². The number of nitrogens with one attached hydrogen (secondary N) is 2. The molecule has 0 saturated heterocycles. The molecule has 0 heterocycles. The first-order valence-electron chi connectivity index (χ1n) is 6.27. The number of aryl methyl sites for hydroxylation is 1. The second-order valence-electron chi connectivity index (χ2n) is 4.36. The lowest BCUT2D eigenvalue weighted by molar-refractivity contribution is -0.121. The Bertz CT molecular complexity index is 405. The number of methoxy groups -OCH3 is 1.